The van der Waals surface area contributed by atoms with E-state index >= 15 is 0 Å². The van der Waals surface area contributed by atoms with Crippen LogP contribution in [0.15, 0.2) is 42.5 Å². The summed E-state index contributed by atoms with van der Waals surface area (Å²) in [5.74, 6) is 1.66. The van der Waals surface area contributed by atoms with E-state index in [4.69, 9.17) is 9.47 Å². The summed E-state index contributed by atoms with van der Waals surface area (Å²) in [5, 5.41) is 2.98. The van der Waals surface area contributed by atoms with Gasteiger partial charge in [0.25, 0.3) is 0 Å². The van der Waals surface area contributed by atoms with Crippen LogP contribution in [-0.2, 0) is 17.6 Å². The van der Waals surface area contributed by atoms with Gasteiger partial charge in [-0.3, -0.25) is 4.79 Å². The van der Waals surface area contributed by atoms with Crippen molar-refractivity contribution < 1.29 is 14.3 Å². The predicted octanol–water partition coefficient (Wildman–Crippen LogP) is 2.67. The molecule has 23 heavy (non-hydrogen) atoms. The lowest BCUT2D eigenvalue weighted by atomic mass is 10.0. The lowest BCUT2D eigenvalue weighted by molar-refractivity contribution is -0.120. The zero-order chi connectivity index (χ0) is 16.1. The van der Waals surface area contributed by atoms with Crippen molar-refractivity contribution in [1.82, 2.24) is 5.32 Å². The monoisotopic (exact) mass is 311 g/mol. The highest BCUT2D eigenvalue weighted by Crippen LogP contribution is 2.33. The molecule has 0 radical (unpaired) electrons. The van der Waals surface area contributed by atoms with Gasteiger partial charge in [-0.15, -0.1) is 0 Å². The van der Waals surface area contributed by atoms with Gasteiger partial charge < -0.3 is 14.8 Å². The van der Waals surface area contributed by atoms with Gasteiger partial charge in [0.05, 0.1) is 6.42 Å². The van der Waals surface area contributed by atoms with E-state index in [1.165, 1.54) is 5.56 Å². The van der Waals surface area contributed by atoms with Gasteiger partial charge in [0.15, 0.2) is 11.5 Å². The van der Waals surface area contributed by atoms with E-state index in [9.17, 15) is 4.79 Å². The van der Waals surface area contributed by atoms with E-state index in [0.717, 1.165) is 29.0 Å². The van der Waals surface area contributed by atoms with E-state index in [1.807, 2.05) is 42.5 Å². The smallest absolute Gasteiger partial charge is 0.224 e. The van der Waals surface area contributed by atoms with Crippen molar-refractivity contribution >= 4 is 5.91 Å². The Hall–Kier alpha value is -2.49. The zero-order valence-corrected chi connectivity index (χ0v) is 13.3. The van der Waals surface area contributed by atoms with E-state index in [0.29, 0.717) is 26.2 Å². The Balaban J connectivity index is 1.53. The van der Waals surface area contributed by atoms with Gasteiger partial charge in [0.1, 0.15) is 13.2 Å². The summed E-state index contributed by atoms with van der Waals surface area (Å²) in [7, 11) is 0. The summed E-state index contributed by atoms with van der Waals surface area (Å²) in [4.78, 5) is 12.0. The van der Waals surface area contributed by atoms with Crippen molar-refractivity contribution in [3.8, 4) is 11.5 Å². The minimum atomic E-state index is 0.0476. The summed E-state index contributed by atoms with van der Waals surface area (Å²) >= 11 is 0. The molecular formula is C19H21NO3. The van der Waals surface area contributed by atoms with Crippen LogP contribution in [0.4, 0.5) is 0 Å². The molecule has 3 rings (SSSR count). The molecule has 1 aliphatic rings. The standard InChI is InChI=1S/C19H21NO3/c1-14-11-17-18(23-10-9-22-17)13-16(14)7-8-20-19(21)12-15-5-3-2-4-6-15/h2-6,11,13H,7-10,12H2,1H3,(H,20,21). The van der Waals surface area contributed by atoms with Crippen molar-refractivity contribution in [2.45, 2.75) is 19.8 Å². The molecule has 0 unspecified atom stereocenters. The molecule has 0 saturated heterocycles. The maximum atomic E-state index is 12.0. The molecule has 0 saturated carbocycles. The molecule has 2 aromatic carbocycles. The number of nitrogens with one attached hydrogen (secondary N) is 1. The fraction of sp³-hybridized carbons (Fsp3) is 0.316. The van der Waals surface area contributed by atoms with Crippen molar-refractivity contribution in [2.75, 3.05) is 19.8 Å². The Morgan fingerprint density at radius 3 is 2.52 bits per heavy atom. The first kappa shape index (κ1) is 15.4. The van der Waals surface area contributed by atoms with Crippen molar-refractivity contribution in [2.24, 2.45) is 0 Å². The summed E-state index contributed by atoms with van der Waals surface area (Å²) in [6, 6.07) is 13.8. The molecule has 0 bridgehead atoms. The maximum absolute atomic E-state index is 12.0. The largest absolute Gasteiger partial charge is 0.486 e. The third-order valence-corrected chi connectivity index (χ3v) is 3.92. The van der Waals surface area contributed by atoms with Crippen molar-refractivity contribution in [1.29, 1.82) is 0 Å². The van der Waals surface area contributed by atoms with Crippen LogP contribution in [0.1, 0.15) is 16.7 Å². The van der Waals surface area contributed by atoms with Gasteiger partial charge in [-0.25, -0.2) is 0 Å². The number of aryl methyl sites for hydroxylation is 1. The quantitative estimate of drug-likeness (QED) is 0.923. The molecule has 4 nitrogen and oxygen atoms in total. The number of carbonyl (C=O) groups is 1. The summed E-state index contributed by atoms with van der Waals surface area (Å²) in [5.41, 5.74) is 3.36. The molecular weight excluding hydrogens is 290 g/mol. The van der Waals surface area contributed by atoms with Gasteiger partial charge in [-0.1, -0.05) is 30.3 Å². The Morgan fingerprint density at radius 2 is 1.78 bits per heavy atom. The molecule has 0 atom stereocenters. The Kier molecular flexibility index (Phi) is 4.81. The second kappa shape index (κ2) is 7.18. The van der Waals surface area contributed by atoms with Crippen LogP contribution >= 0.6 is 0 Å². The number of hydrogen-bond acceptors (Lipinski definition) is 3. The molecule has 0 aliphatic carbocycles. The fourth-order valence-electron chi connectivity index (χ4n) is 2.68. The number of ether oxygens (including phenoxy) is 2. The molecule has 1 heterocycles. The van der Waals surface area contributed by atoms with Crippen LogP contribution in [0.25, 0.3) is 0 Å². The molecule has 1 N–H and O–H groups in total. The number of amides is 1. The fourth-order valence-corrected chi connectivity index (χ4v) is 2.68. The average molecular weight is 311 g/mol. The van der Waals surface area contributed by atoms with Crippen LogP contribution in [-0.4, -0.2) is 25.7 Å². The van der Waals surface area contributed by atoms with Gasteiger partial charge in [-0.2, -0.15) is 0 Å². The first-order chi connectivity index (χ1) is 11.2. The van der Waals surface area contributed by atoms with E-state index in [-0.39, 0.29) is 5.91 Å². The normalized spacial score (nSPS) is 12.7. The van der Waals surface area contributed by atoms with Crippen LogP contribution in [0, 0.1) is 6.92 Å². The highest BCUT2D eigenvalue weighted by Gasteiger charge is 2.14. The number of fused-ring (bicyclic) bond motifs is 1. The van der Waals surface area contributed by atoms with Crippen LogP contribution < -0.4 is 14.8 Å². The summed E-state index contributed by atoms with van der Waals surface area (Å²) in [6.45, 7) is 3.86. The highest BCUT2D eigenvalue weighted by atomic mass is 16.6. The molecule has 1 amide bonds. The number of hydrogen-bond donors (Lipinski definition) is 1. The minimum Gasteiger partial charge on any atom is -0.486 e. The summed E-state index contributed by atoms with van der Waals surface area (Å²) in [6.07, 6.45) is 1.20. The third kappa shape index (κ3) is 4.03. The second-order valence-corrected chi connectivity index (χ2v) is 5.68. The van der Waals surface area contributed by atoms with Gasteiger partial charge in [0.2, 0.25) is 5.91 Å². The van der Waals surface area contributed by atoms with E-state index in [2.05, 4.69) is 12.2 Å². The lowest BCUT2D eigenvalue weighted by Crippen LogP contribution is -2.27. The number of benzene rings is 2. The summed E-state index contributed by atoms with van der Waals surface area (Å²) < 4.78 is 11.2. The Bertz CT molecular complexity index is 683. The lowest BCUT2D eigenvalue weighted by Gasteiger charge is -2.20. The van der Waals surface area contributed by atoms with Crippen LogP contribution in [0.3, 0.4) is 0 Å². The molecule has 120 valence electrons. The Morgan fingerprint density at radius 1 is 1.09 bits per heavy atom. The first-order valence-corrected chi connectivity index (χ1v) is 7.92. The van der Waals surface area contributed by atoms with Gasteiger partial charge >= 0.3 is 0 Å². The molecule has 0 fully saturated rings. The van der Waals surface area contributed by atoms with E-state index in [1.54, 1.807) is 0 Å². The minimum absolute atomic E-state index is 0.0476. The SMILES string of the molecule is Cc1cc2c(cc1CCNC(=O)Cc1ccccc1)OCCO2. The number of rotatable bonds is 5. The zero-order valence-electron chi connectivity index (χ0n) is 13.3. The maximum Gasteiger partial charge on any atom is 0.224 e. The average Bonchev–Trinajstić information content (AvgIpc) is 2.56. The molecule has 2 aromatic rings. The van der Waals surface area contributed by atoms with Crippen molar-refractivity contribution in [3.63, 3.8) is 0 Å². The van der Waals surface area contributed by atoms with Crippen molar-refractivity contribution in [3.05, 3.63) is 59.2 Å². The van der Waals surface area contributed by atoms with Gasteiger partial charge in [-0.05, 0) is 42.2 Å². The van der Waals surface area contributed by atoms with Gasteiger partial charge in [0, 0.05) is 6.54 Å². The molecule has 0 aromatic heterocycles. The van der Waals surface area contributed by atoms with Crippen LogP contribution in [0.5, 0.6) is 11.5 Å². The molecule has 0 spiro atoms. The molecule has 4 heteroatoms. The molecule has 1 aliphatic heterocycles. The van der Waals surface area contributed by atoms with Crippen LogP contribution in [0.2, 0.25) is 0 Å². The Labute approximate surface area is 136 Å². The highest BCUT2D eigenvalue weighted by molar-refractivity contribution is 5.78. The third-order valence-electron chi connectivity index (χ3n) is 3.92. The predicted molar refractivity (Wildman–Crippen MR) is 89.0 cm³/mol. The second-order valence-electron chi connectivity index (χ2n) is 5.68. The first-order valence-electron chi connectivity index (χ1n) is 7.92. The van der Waals surface area contributed by atoms with E-state index < -0.39 is 0 Å². The number of carbonyl (C=O) groups excluding carboxylic acids is 1. The topological polar surface area (TPSA) is 47.6 Å².